The Balaban J connectivity index is 2.51. The molecule has 1 rings (SSSR count). The van der Waals surface area contributed by atoms with Crippen molar-refractivity contribution in [2.24, 2.45) is 0 Å². The van der Waals surface area contributed by atoms with Crippen molar-refractivity contribution in [1.29, 1.82) is 0 Å². The van der Waals surface area contributed by atoms with Crippen molar-refractivity contribution in [3.8, 4) is 5.75 Å². The molecule has 120 valence electrons. The Morgan fingerprint density at radius 3 is 2.14 bits per heavy atom. The predicted octanol–water partition coefficient (Wildman–Crippen LogP) is 2.83. The van der Waals surface area contributed by atoms with Crippen LogP contribution in [0.25, 0.3) is 0 Å². The first-order chi connectivity index (χ1) is 10.1. The third-order valence-corrected chi connectivity index (χ3v) is 3.92. The van der Waals surface area contributed by atoms with Gasteiger partial charge < -0.3 is 15.4 Å². The molecule has 0 aromatic heterocycles. The molecule has 0 bridgehead atoms. The van der Waals surface area contributed by atoms with E-state index in [1.807, 2.05) is 12.1 Å². The average Bonchev–Trinajstić information content (AvgIpc) is 2.49. The molecule has 0 aliphatic rings. The second-order valence-electron chi connectivity index (χ2n) is 5.36. The highest BCUT2D eigenvalue weighted by Crippen LogP contribution is 2.19. The van der Waals surface area contributed by atoms with E-state index >= 15 is 0 Å². The van der Waals surface area contributed by atoms with Crippen LogP contribution in [0.15, 0.2) is 18.2 Å². The van der Waals surface area contributed by atoms with Gasteiger partial charge in [-0.1, -0.05) is 20.8 Å². The maximum absolute atomic E-state index is 5.92. The Bertz CT molecular complexity index is 405. The number of rotatable bonds is 10. The number of anilines is 1. The van der Waals surface area contributed by atoms with E-state index in [2.05, 4.69) is 36.6 Å². The topological polar surface area (TPSA) is 41.7 Å². The molecule has 0 aliphatic carbocycles. The maximum Gasteiger partial charge on any atom is 0.121 e. The molecular weight excluding hydrogens is 262 g/mol. The first kappa shape index (κ1) is 17.8. The van der Waals surface area contributed by atoms with Gasteiger partial charge in [-0.25, -0.2) is 0 Å². The number of methoxy groups -OCH3 is 1. The Morgan fingerprint density at radius 1 is 0.952 bits per heavy atom. The lowest BCUT2D eigenvalue weighted by Gasteiger charge is -2.23. The minimum absolute atomic E-state index is 0.767. The van der Waals surface area contributed by atoms with E-state index in [1.54, 1.807) is 7.11 Å². The number of nitrogen functional groups attached to an aromatic ring is 1. The number of ether oxygens (including phenoxy) is 1. The Kier molecular flexibility index (Phi) is 8.16. The van der Waals surface area contributed by atoms with Crippen LogP contribution in [0, 0.1) is 0 Å². The van der Waals surface area contributed by atoms with E-state index in [1.165, 1.54) is 18.5 Å². The van der Waals surface area contributed by atoms with Gasteiger partial charge in [0.1, 0.15) is 5.75 Å². The SMILES string of the molecule is CCN(CC)CCCN(CC)Cc1cc(N)cc(OC)c1. The van der Waals surface area contributed by atoms with Crippen LogP contribution in [0.2, 0.25) is 0 Å². The second-order valence-corrected chi connectivity index (χ2v) is 5.36. The van der Waals surface area contributed by atoms with E-state index < -0.39 is 0 Å². The van der Waals surface area contributed by atoms with Crippen LogP contribution in [0.5, 0.6) is 5.75 Å². The molecule has 0 heterocycles. The molecule has 2 N–H and O–H groups in total. The summed E-state index contributed by atoms with van der Waals surface area (Å²) in [6, 6.07) is 5.97. The van der Waals surface area contributed by atoms with Crippen LogP contribution in [0.3, 0.4) is 0 Å². The fourth-order valence-electron chi connectivity index (χ4n) is 2.56. The van der Waals surface area contributed by atoms with E-state index in [-0.39, 0.29) is 0 Å². The van der Waals surface area contributed by atoms with Gasteiger partial charge in [-0.15, -0.1) is 0 Å². The fraction of sp³-hybridized carbons (Fsp3) is 0.647. The molecule has 1 aromatic carbocycles. The summed E-state index contributed by atoms with van der Waals surface area (Å²) in [7, 11) is 1.68. The van der Waals surface area contributed by atoms with Crippen LogP contribution in [-0.4, -0.2) is 49.6 Å². The van der Waals surface area contributed by atoms with Crippen LogP contribution < -0.4 is 10.5 Å². The van der Waals surface area contributed by atoms with Gasteiger partial charge in [-0.05, 0) is 56.8 Å². The molecule has 0 saturated heterocycles. The second kappa shape index (κ2) is 9.64. The molecule has 1 aromatic rings. The van der Waals surface area contributed by atoms with E-state index in [9.17, 15) is 0 Å². The summed E-state index contributed by atoms with van der Waals surface area (Å²) in [4.78, 5) is 4.93. The first-order valence-electron chi connectivity index (χ1n) is 8.01. The highest BCUT2D eigenvalue weighted by Gasteiger charge is 2.07. The zero-order chi connectivity index (χ0) is 15.7. The van der Waals surface area contributed by atoms with Crippen LogP contribution in [0.4, 0.5) is 5.69 Å². The van der Waals surface area contributed by atoms with E-state index in [0.717, 1.165) is 44.2 Å². The molecular formula is C17H31N3O. The van der Waals surface area contributed by atoms with Crippen molar-refractivity contribution in [2.75, 3.05) is 45.6 Å². The van der Waals surface area contributed by atoms with Gasteiger partial charge in [0.25, 0.3) is 0 Å². The standard InChI is InChI=1S/C17H31N3O/c1-5-19(6-2)9-8-10-20(7-3)14-15-11-16(18)13-17(12-15)21-4/h11-13H,5-10,14,18H2,1-4H3. The summed E-state index contributed by atoms with van der Waals surface area (Å²) in [5.41, 5.74) is 7.91. The third kappa shape index (κ3) is 6.36. The Labute approximate surface area is 129 Å². The van der Waals surface area contributed by atoms with Gasteiger partial charge >= 0.3 is 0 Å². The molecule has 0 saturated carbocycles. The van der Waals surface area contributed by atoms with Crippen molar-refractivity contribution in [2.45, 2.75) is 33.7 Å². The summed E-state index contributed by atoms with van der Waals surface area (Å²) >= 11 is 0. The lowest BCUT2D eigenvalue weighted by Crippen LogP contribution is -2.29. The predicted molar refractivity (Wildman–Crippen MR) is 90.8 cm³/mol. The molecule has 0 atom stereocenters. The monoisotopic (exact) mass is 293 g/mol. The summed E-state index contributed by atoms with van der Waals surface area (Å²) in [5, 5.41) is 0. The molecule has 0 aliphatic heterocycles. The summed E-state index contributed by atoms with van der Waals surface area (Å²) < 4.78 is 5.29. The molecule has 0 radical (unpaired) electrons. The summed E-state index contributed by atoms with van der Waals surface area (Å²) in [5.74, 6) is 0.837. The zero-order valence-electron chi connectivity index (χ0n) is 14.1. The van der Waals surface area contributed by atoms with Gasteiger partial charge in [0.05, 0.1) is 7.11 Å². The normalized spacial score (nSPS) is 11.3. The summed E-state index contributed by atoms with van der Waals surface area (Å²) in [6.07, 6.45) is 1.20. The van der Waals surface area contributed by atoms with Crippen molar-refractivity contribution in [1.82, 2.24) is 9.80 Å². The quantitative estimate of drug-likeness (QED) is 0.674. The van der Waals surface area contributed by atoms with Crippen molar-refractivity contribution in [3.63, 3.8) is 0 Å². The van der Waals surface area contributed by atoms with Gasteiger partial charge in [0.2, 0.25) is 0 Å². The minimum atomic E-state index is 0.767. The summed E-state index contributed by atoms with van der Waals surface area (Å²) in [6.45, 7) is 13.2. The minimum Gasteiger partial charge on any atom is -0.497 e. The smallest absolute Gasteiger partial charge is 0.121 e. The molecule has 0 amide bonds. The first-order valence-corrected chi connectivity index (χ1v) is 8.01. The molecule has 21 heavy (non-hydrogen) atoms. The molecule has 0 fully saturated rings. The van der Waals surface area contributed by atoms with Crippen LogP contribution >= 0.6 is 0 Å². The average molecular weight is 293 g/mol. The lowest BCUT2D eigenvalue weighted by atomic mass is 10.1. The molecule has 0 unspecified atom stereocenters. The molecule has 4 heteroatoms. The fourth-order valence-corrected chi connectivity index (χ4v) is 2.56. The number of hydrogen-bond donors (Lipinski definition) is 1. The highest BCUT2D eigenvalue weighted by molar-refractivity contribution is 5.47. The van der Waals surface area contributed by atoms with Crippen LogP contribution in [-0.2, 0) is 6.54 Å². The van der Waals surface area contributed by atoms with Gasteiger partial charge in [0, 0.05) is 18.3 Å². The molecule has 0 spiro atoms. The number of nitrogens with two attached hydrogens (primary N) is 1. The van der Waals surface area contributed by atoms with Gasteiger partial charge in [0.15, 0.2) is 0 Å². The van der Waals surface area contributed by atoms with E-state index in [4.69, 9.17) is 10.5 Å². The van der Waals surface area contributed by atoms with Crippen LogP contribution in [0.1, 0.15) is 32.8 Å². The number of benzene rings is 1. The van der Waals surface area contributed by atoms with Crippen molar-refractivity contribution >= 4 is 5.69 Å². The lowest BCUT2D eigenvalue weighted by molar-refractivity contribution is 0.238. The number of hydrogen-bond acceptors (Lipinski definition) is 4. The van der Waals surface area contributed by atoms with Gasteiger partial charge in [-0.2, -0.15) is 0 Å². The largest absolute Gasteiger partial charge is 0.497 e. The number of nitrogens with zero attached hydrogens (tertiary/aromatic N) is 2. The Morgan fingerprint density at radius 2 is 1.57 bits per heavy atom. The third-order valence-electron chi connectivity index (χ3n) is 3.92. The zero-order valence-corrected chi connectivity index (χ0v) is 14.1. The van der Waals surface area contributed by atoms with Gasteiger partial charge in [-0.3, -0.25) is 4.90 Å². The Hall–Kier alpha value is -1.26. The van der Waals surface area contributed by atoms with E-state index in [0.29, 0.717) is 0 Å². The highest BCUT2D eigenvalue weighted by atomic mass is 16.5. The maximum atomic E-state index is 5.92. The van der Waals surface area contributed by atoms with Crippen molar-refractivity contribution in [3.05, 3.63) is 23.8 Å². The van der Waals surface area contributed by atoms with Crippen molar-refractivity contribution < 1.29 is 4.74 Å². The molecule has 4 nitrogen and oxygen atoms in total.